The number of allylic oxidation sites excluding steroid dienone is 2. The predicted molar refractivity (Wildman–Crippen MR) is 132 cm³/mol. The molecule has 2 N–H and O–H groups in total. The molecule has 0 saturated heterocycles. The third-order valence-corrected chi connectivity index (χ3v) is 12.9. The summed E-state index contributed by atoms with van der Waals surface area (Å²) in [5, 5.41) is 21.7. The maximum Gasteiger partial charge on any atom is 0.0594 e. The SMILES string of the molecule is CC1(C)C2CC[C@@]3(C)CC4=CC[C@H]5C(C)(C)C(O)CCC5(C)[C@H]4CCC3[C@@]2(C)CC[C@@H]1O. The molecule has 0 spiro atoms. The number of rotatable bonds is 0. The van der Waals surface area contributed by atoms with Gasteiger partial charge in [-0.05, 0) is 115 Å². The van der Waals surface area contributed by atoms with Gasteiger partial charge in [-0.3, -0.25) is 0 Å². The second-order valence-electron chi connectivity index (χ2n) is 14.9. The van der Waals surface area contributed by atoms with Gasteiger partial charge in [-0.1, -0.05) is 60.1 Å². The minimum atomic E-state index is -0.156. The molecule has 32 heavy (non-hydrogen) atoms. The van der Waals surface area contributed by atoms with Gasteiger partial charge in [0.05, 0.1) is 12.2 Å². The normalized spacial score (nSPS) is 54.2. The average molecular weight is 443 g/mol. The molecule has 0 aliphatic heterocycles. The van der Waals surface area contributed by atoms with Gasteiger partial charge in [0.1, 0.15) is 0 Å². The molecule has 2 heteroatoms. The van der Waals surface area contributed by atoms with Crippen LogP contribution >= 0.6 is 0 Å². The van der Waals surface area contributed by atoms with E-state index in [0.717, 1.165) is 25.2 Å². The standard InChI is InChI=1S/C30H50O2/c1-26(2)21-10-8-19-18-28(5)15-12-22-27(3,4)25(32)14-17-30(22,7)23(28)11-9-20(19)29(21,6)16-13-24(26)31/h8,20-25,31-32H,9-18H2,1-7H3/t20-,21-,22?,23?,24?,25-,28-,29?,30-/m0/s1. The molecule has 4 saturated carbocycles. The Morgan fingerprint density at radius 1 is 0.656 bits per heavy atom. The number of aliphatic hydroxyl groups is 2. The first-order chi connectivity index (χ1) is 14.8. The smallest absolute Gasteiger partial charge is 0.0594 e. The van der Waals surface area contributed by atoms with E-state index in [1.54, 1.807) is 5.57 Å². The Bertz CT molecular complexity index is 795. The fraction of sp³-hybridized carbons (Fsp3) is 0.933. The van der Waals surface area contributed by atoms with Crippen molar-refractivity contribution >= 4 is 0 Å². The molecule has 9 atom stereocenters. The second-order valence-corrected chi connectivity index (χ2v) is 14.9. The molecule has 0 aromatic carbocycles. The fourth-order valence-electron chi connectivity index (χ4n) is 10.9. The summed E-state index contributed by atoms with van der Waals surface area (Å²) in [6, 6.07) is 0. The highest BCUT2D eigenvalue weighted by atomic mass is 16.3. The summed E-state index contributed by atoms with van der Waals surface area (Å²) >= 11 is 0. The van der Waals surface area contributed by atoms with Crippen LogP contribution in [0.1, 0.15) is 113 Å². The first-order valence-electron chi connectivity index (χ1n) is 13.8. The van der Waals surface area contributed by atoms with Gasteiger partial charge in [0, 0.05) is 0 Å². The lowest BCUT2D eigenvalue weighted by Gasteiger charge is -2.63. The van der Waals surface area contributed by atoms with Crippen molar-refractivity contribution in [3.05, 3.63) is 11.6 Å². The zero-order valence-electron chi connectivity index (χ0n) is 22.0. The van der Waals surface area contributed by atoms with Crippen molar-refractivity contribution < 1.29 is 10.2 Å². The molecule has 182 valence electrons. The summed E-state index contributed by atoms with van der Waals surface area (Å²) in [6.45, 7) is 17.2. The fourth-order valence-corrected chi connectivity index (χ4v) is 10.9. The summed E-state index contributed by atoms with van der Waals surface area (Å²) in [5.41, 5.74) is 2.91. The second kappa shape index (κ2) is 7.09. The summed E-state index contributed by atoms with van der Waals surface area (Å²) < 4.78 is 0. The molecule has 0 radical (unpaired) electrons. The third kappa shape index (κ3) is 2.96. The first kappa shape index (κ1) is 23.4. The van der Waals surface area contributed by atoms with E-state index in [9.17, 15) is 10.2 Å². The van der Waals surface area contributed by atoms with Crippen LogP contribution in [0.2, 0.25) is 0 Å². The third-order valence-electron chi connectivity index (χ3n) is 12.9. The Morgan fingerprint density at radius 2 is 1.25 bits per heavy atom. The molecule has 0 aromatic heterocycles. The van der Waals surface area contributed by atoms with Gasteiger partial charge in [0.25, 0.3) is 0 Å². The van der Waals surface area contributed by atoms with Crippen LogP contribution in [-0.2, 0) is 0 Å². The summed E-state index contributed by atoms with van der Waals surface area (Å²) in [7, 11) is 0. The van der Waals surface area contributed by atoms with E-state index in [1.807, 2.05) is 0 Å². The van der Waals surface area contributed by atoms with Gasteiger partial charge in [0.15, 0.2) is 0 Å². The lowest BCUT2D eigenvalue weighted by Crippen LogP contribution is -2.58. The Morgan fingerprint density at radius 3 is 1.91 bits per heavy atom. The number of hydrogen-bond donors (Lipinski definition) is 2. The maximum atomic E-state index is 10.9. The summed E-state index contributed by atoms with van der Waals surface area (Å²) in [6.07, 6.45) is 14.4. The molecule has 4 unspecified atom stereocenters. The summed E-state index contributed by atoms with van der Waals surface area (Å²) in [5.74, 6) is 2.68. The molecule has 0 aromatic rings. The van der Waals surface area contributed by atoms with Crippen molar-refractivity contribution in [2.75, 3.05) is 0 Å². The number of aliphatic hydroxyl groups excluding tert-OH is 2. The molecular formula is C30H50O2. The highest BCUT2D eigenvalue weighted by Crippen LogP contribution is 2.70. The topological polar surface area (TPSA) is 40.5 Å². The molecule has 0 amide bonds. The van der Waals surface area contributed by atoms with Crippen LogP contribution < -0.4 is 0 Å². The van der Waals surface area contributed by atoms with E-state index in [4.69, 9.17) is 0 Å². The van der Waals surface area contributed by atoms with E-state index in [1.165, 1.54) is 44.9 Å². The largest absolute Gasteiger partial charge is 0.393 e. The van der Waals surface area contributed by atoms with Crippen LogP contribution in [0.5, 0.6) is 0 Å². The monoisotopic (exact) mass is 442 g/mol. The van der Waals surface area contributed by atoms with Gasteiger partial charge in [0.2, 0.25) is 0 Å². The molecule has 5 rings (SSSR count). The molecule has 0 heterocycles. The van der Waals surface area contributed by atoms with Gasteiger partial charge >= 0.3 is 0 Å². The Hall–Kier alpha value is -0.340. The average Bonchev–Trinajstić information content (AvgIpc) is 2.86. The number of fused-ring (bicyclic) bond motifs is 6. The summed E-state index contributed by atoms with van der Waals surface area (Å²) in [4.78, 5) is 0. The Balaban J connectivity index is 1.50. The molecule has 5 aliphatic carbocycles. The van der Waals surface area contributed by atoms with E-state index < -0.39 is 0 Å². The predicted octanol–water partition coefficient (Wildman–Crippen LogP) is 7.14. The lowest BCUT2D eigenvalue weighted by atomic mass is 9.42. The Kier molecular flexibility index (Phi) is 5.19. The van der Waals surface area contributed by atoms with Crippen molar-refractivity contribution in [3.8, 4) is 0 Å². The van der Waals surface area contributed by atoms with Gasteiger partial charge in [-0.2, -0.15) is 0 Å². The van der Waals surface area contributed by atoms with Crippen molar-refractivity contribution in [1.82, 2.24) is 0 Å². The van der Waals surface area contributed by atoms with Gasteiger partial charge in [-0.25, -0.2) is 0 Å². The van der Waals surface area contributed by atoms with E-state index >= 15 is 0 Å². The van der Waals surface area contributed by atoms with Crippen LogP contribution in [-0.4, -0.2) is 22.4 Å². The molecule has 5 aliphatic rings. The van der Waals surface area contributed by atoms with Crippen LogP contribution in [0.15, 0.2) is 11.6 Å². The van der Waals surface area contributed by atoms with Gasteiger partial charge in [-0.15, -0.1) is 0 Å². The van der Waals surface area contributed by atoms with Crippen molar-refractivity contribution in [3.63, 3.8) is 0 Å². The van der Waals surface area contributed by atoms with Crippen molar-refractivity contribution in [1.29, 1.82) is 0 Å². The van der Waals surface area contributed by atoms with Crippen LogP contribution in [0.4, 0.5) is 0 Å². The zero-order valence-corrected chi connectivity index (χ0v) is 22.0. The zero-order chi connectivity index (χ0) is 23.3. The minimum absolute atomic E-state index is 0.0125. The Labute approximate surface area is 197 Å². The molecule has 4 fully saturated rings. The van der Waals surface area contributed by atoms with Crippen molar-refractivity contribution in [2.45, 2.75) is 125 Å². The minimum Gasteiger partial charge on any atom is -0.393 e. The van der Waals surface area contributed by atoms with E-state index in [-0.39, 0.29) is 23.0 Å². The first-order valence-corrected chi connectivity index (χ1v) is 13.8. The van der Waals surface area contributed by atoms with Crippen LogP contribution in [0.3, 0.4) is 0 Å². The van der Waals surface area contributed by atoms with E-state index in [2.05, 4.69) is 54.5 Å². The maximum absolute atomic E-state index is 10.9. The quantitative estimate of drug-likeness (QED) is 0.391. The van der Waals surface area contributed by atoms with Crippen molar-refractivity contribution in [2.24, 2.45) is 50.7 Å². The van der Waals surface area contributed by atoms with Gasteiger partial charge < -0.3 is 10.2 Å². The van der Waals surface area contributed by atoms with Crippen LogP contribution in [0, 0.1) is 50.7 Å². The lowest BCUT2D eigenvalue weighted by molar-refractivity contribution is -0.170. The highest BCUT2D eigenvalue weighted by molar-refractivity contribution is 5.25. The molecular weight excluding hydrogens is 392 g/mol. The van der Waals surface area contributed by atoms with Crippen LogP contribution in [0.25, 0.3) is 0 Å². The number of hydrogen-bond acceptors (Lipinski definition) is 2. The van der Waals surface area contributed by atoms with E-state index in [0.29, 0.717) is 34.0 Å². The molecule has 2 nitrogen and oxygen atoms in total. The highest BCUT2D eigenvalue weighted by Gasteiger charge is 2.63. The molecule has 0 bridgehead atoms.